The first-order valence-corrected chi connectivity index (χ1v) is 9.46. The average molecular weight is 374 g/mol. The number of halogens is 2. The van der Waals surface area contributed by atoms with Crippen molar-refractivity contribution >= 4 is 5.95 Å². The summed E-state index contributed by atoms with van der Waals surface area (Å²) in [4.78, 5) is 10.7. The lowest BCUT2D eigenvalue weighted by atomic mass is 9.82. The van der Waals surface area contributed by atoms with Crippen LogP contribution < -0.4 is 5.32 Å². The molecule has 27 heavy (non-hydrogen) atoms. The van der Waals surface area contributed by atoms with Gasteiger partial charge in [-0.3, -0.25) is 4.90 Å². The highest BCUT2D eigenvalue weighted by Gasteiger charge is 2.40. The van der Waals surface area contributed by atoms with E-state index in [4.69, 9.17) is 4.74 Å². The van der Waals surface area contributed by atoms with Crippen LogP contribution in [-0.4, -0.2) is 46.2 Å². The molecule has 0 bridgehead atoms. The van der Waals surface area contributed by atoms with Gasteiger partial charge in [0.05, 0.1) is 5.60 Å². The summed E-state index contributed by atoms with van der Waals surface area (Å²) >= 11 is 0. The Bertz CT molecular complexity index is 766. The van der Waals surface area contributed by atoms with Crippen LogP contribution in [0.25, 0.3) is 0 Å². The molecule has 7 heteroatoms. The van der Waals surface area contributed by atoms with Crippen LogP contribution in [0.4, 0.5) is 14.7 Å². The minimum atomic E-state index is -0.396. The first-order valence-electron chi connectivity index (χ1n) is 9.46. The summed E-state index contributed by atoms with van der Waals surface area (Å²) in [6, 6.07) is 5.73. The number of ether oxygens (including phenoxy) is 1. The molecule has 5 nitrogen and oxygen atoms in total. The number of nitrogens with one attached hydrogen (secondary N) is 1. The third-order valence-electron chi connectivity index (χ3n) is 5.56. The van der Waals surface area contributed by atoms with Gasteiger partial charge in [-0.15, -0.1) is 0 Å². The van der Waals surface area contributed by atoms with Gasteiger partial charge in [-0.1, -0.05) is 0 Å². The van der Waals surface area contributed by atoms with E-state index < -0.39 is 5.82 Å². The second-order valence-electron chi connectivity index (χ2n) is 7.45. The number of anilines is 1. The van der Waals surface area contributed by atoms with Gasteiger partial charge in [-0.2, -0.15) is 0 Å². The van der Waals surface area contributed by atoms with Gasteiger partial charge < -0.3 is 10.1 Å². The summed E-state index contributed by atoms with van der Waals surface area (Å²) in [6.07, 6.45) is 7.07. The minimum absolute atomic E-state index is 0.151. The van der Waals surface area contributed by atoms with E-state index in [9.17, 15) is 8.78 Å². The third-order valence-corrected chi connectivity index (χ3v) is 5.56. The Morgan fingerprint density at radius 2 is 1.96 bits per heavy atom. The first kappa shape index (κ1) is 18.3. The number of nitrogens with zero attached hydrogens (tertiary/aromatic N) is 3. The van der Waals surface area contributed by atoms with E-state index in [1.807, 2.05) is 0 Å². The highest BCUT2D eigenvalue weighted by atomic mass is 19.1. The Kier molecular flexibility index (Phi) is 5.31. The van der Waals surface area contributed by atoms with Gasteiger partial charge in [-0.25, -0.2) is 18.7 Å². The fraction of sp³-hybridized carbons (Fsp3) is 0.500. The summed E-state index contributed by atoms with van der Waals surface area (Å²) < 4.78 is 33.5. The van der Waals surface area contributed by atoms with Crippen molar-refractivity contribution in [3.63, 3.8) is 0 Å². The van der Waals surface area contributed by atoms with Crippen LogP contribution in [0.1, 0.15) is 31.2 Å². The number of likely N-dealkylation sites (tertiary alicyclic amines) is 1. The van der Waals surface area contributed by atoms with E-state index in [0.29, 0.717) is 24.7 Å². The van der Waals surface area contributed by atoms with Crippen molar-refractivity contribution in [1.29, 1.82) is 0 Å². The first-order chi connectivity index (χ1) is 13.1. The lowest BCUT2D eigenvalue weighted by Crippen LogP contribution is -2.51. The minimum Gasteiger partial charge on any atom is -0.375 e. The summed E-state index contributed by atoms with van der Waals surface area (Å²) in [6.45, 7) is 2.76. The summed E-state index contributed by atoms with van der Waals surface area (Å²) in [7, 11) is 0. The molecule has 2 saturated heterocycles. The van der Waals surface area contributed by atoms with Crippen LogP contribution >= 0.6 is 0 Å². The van der Waals surface area contributed by atoms with E-state index >= 15 is 0 Å². The molecule has 0 saturated carbocycles. The van der Waals surface area contributed by atoms with E-state index in [-0.39, 0.29) is 17.5 Å². The molecule has 2 aliphatic rings. The molecule has 1 spiro atoms. The molecule has 0 unspecified atom stereocenters. The Morgan fingerprint density at radius 3 is 2.74 bits per heavy atom. The third kappa shape index (κ3) is 4.42. The molecule has 0 radical (unpaired) electrons. The largest absolute Gasteiger partial charge is 0.375 e. The maximum absolute atomic E-state index is 13.9. The zero-order valence-electron chi connectivity index (χ0n) is 15.2. The van der Waals surface area contributed by atoms with Gasteiger partial charge in [0.15, 0.2) is 0 Å². The molecule has 1 N–H and O–H groups in total. The smallest absolute Gasteiger partial charge is 0.222 e. The van der Waals surface area contributed by atoms with Crippen LogP contribution in [-0.2, 0) is 11.3 Å². The summed E-state index contributed by atoms with van der Waals surface area (Å²) in [5, 5.41) is 3.41. The van der Waals surface area contributed by atoms with Crippen molar-refractivity contribution in [2.24, 2.45) is 0 Å². The Labute approximate surface area is 157 Å². The standard InChI is InChI=1S/C20H24F2N4O/c21-16-2-3-18(22)15(12-16)14-26-9-5-20(6-10-26)13-17(4-11-27-20)25-19-23-7-1-8-24-19/h1-3,7-8,12,17H,4-6,9-11,13-14H2,(H,23,24,25)/t17-/m0/s1. The number of benzene rings is 1. The van der Waals surface area contributed by atoms with Crippen LogP contribution in [0.3, 0.4) is 0 Å². The molecule has 2 aliphatic heterocycles. The molecule has 3 heterocycles. The fourth-order valence-corrected chi connectivity index (χ4v) is 4.08. The second kappa shape index (κ2) is 7.86. The molecule has 4 rings (SSSR count). The fourth-order valence-electron chi connectivity index (χ4n) is 4.08. The molecule has 0 aliphatic carbocycles. The Hall–Kier alpha value is -2.12. The predicted molar refractivity (Wildman–Crippen MR) is 98.2 cm³/mol. The van der Waals surface area contributed by atoms with Gasteiger partial charge in [0.2, 0.25) is 5.95 Å². The van der Waals surface area contributed by atoms with Crippen molar-refractivity contribution < 1.29 is 13.5 Å². The van der Waals surface area contributed by atoms with Crippen molar-refractivity contribution in [2.45, 2.75) is 43.9 Å². The topological polar surface area (TPSA) is 50.3 Å². The van der Waals surface area contributed by atoms with E-state index in [2.05, 4.69) is 20.2 Å². The lowest BCUT2D eigenvalue weighted by molar-refractivity contribution is -0.115. The Morgan fingerprint density at radius 1 is 1.19 bits per heavy atom. The zero-order valence-corrected chi connectivity index (χ0v) is 15.2. The van der Waals surface area contributed by atoms with Crippen molar-refractivity contribution in [2.75, 3.05) is 25.0 Å². The van der Waals surface area contributed by atoms with Gasteiger partial charge in [0.25, 0.3) is 0 Å². The van der Waals surface area contributed by atoms with Crippen LogP contribution in [0.2, 0.25) is 0 Å². The molecular weight excluding hydrogens is 350 g/mol. The van der Waals surface area contributed by atoms with Crippen molar-refractivity contribution in [1.82, 2.24) is 14.9 Å². The van der Waals surface area contributed by atoms with E-state index in [1.54, 1.807) is 18.5 Å². The van der Waals surface area contributed by atoms with Gasteiger partial charge in [-0.05, 0) is 49.9 Å². The number of rotatable bonds is 4. The van der Waals surface area contributed by atoms with Crippen molar-refractivity contribution in [3.05, 3.63) is 53.9 Å². The molecule has 1 aromatic carbocycles. The second-order valence-corrected chi connectivity index (χ2v) is 7.45. The van der Waals surface area contributed by atoms with E-state index in [1.165, 1.54) is 12.1 Å². The van der Waals surface area contributed by atoms with Crippen LogP contribution in [0.5, 0.6) is 0 Å². The highest BCUT2D eigenvalue weighted by molar-refractivity contribution is 5.25. The van der Waals surface area contributed by atoms with Crippen LogP contribution in [0.15, 0.2) is 36.7 Å². The van der Waals surface area contributed by atoms with E-state index in [0.717, 1.165) is 44.8 Å². The van der Waals surface area contributed by atoms with Crippen LogP contribution in [0, 0.1) is 11.6 Å². The zero-order chi connectivity index (χ0) is 18.7. The molecule has 1 atom stereocenters. The average Bonchev–Trinajstić information content (AvgIpc) is 2.68. The number of piperidine rings is 1. The number of aromatic nitrogens is 2. The monoisotopic (exact) mass is 374 g/mol. The maximum atomic E-state index is 13.9. The lowest BCUT2D eigenvalue weighted by Gasteiger charge is -2.46. The highest BCUT2D eigenvalue weighted by Crippen LogP contribution is 2.36. The summed E-state index contributed by atoms with van der Waals surface area (Å²) in [5.74, 6) is -0.0937. The predicted octanol–water partition coefficient (Wildman–Crippen LogP) is 3.38. The van der Waals surface area contributed by atoms with Gasteiger partial charge >= 0.3 is 0 Å². The van der Waals surface area contributed by atoms with Gasteiger partial charge in [0.1, 0.15) is 11.6 Å². The molecular formula is C20H24F2N4O. The SMILES string of the molecule is Fc1ccc(F)c(CN2CCC3(CC2)C[C@@H](Nc2ncccn2)CCO3)c1. The molecule has 2 fully saturated rings. The Balaban J connectivity index is 1.34. The number of hydrogen-bond donors (Lipinski definition) is 1. The maximum Gasteiger partial charge on any atom is 0.222 e. The molecule has 144 valence electrons. The molecule has 1 aromatic heterocycles. The molecule has 2 aromatic rings. The van der Waals surface area contributed by atoms with Gasteiger partial charge in [0, 0.05) is 50.2 Å². The number of hydrogen-bond acceptors (Lipinski definition) is 5. The summed E-state index contributed by atoms with van der Waals surface area (Å²) in [5.41, 5.74) is 0.262. The normalized spacial score (nSPS) is 22.7. The van der Waals surface area contributed by atoms with Crippen molar-refractivity contribution in [3.8, 4) is 0 Å². The molecule has 0 amide bonds. The quantitative estimate of drug-likeness (QED) is 0.889.